The molecular weight excluding hydrogens is 146 g/mol. The van der Waals surface area contributed by atoms with Gasteiger partial charge < -0.3 is 5.84 Å². The Hall–Kier alpha value is -1.85. The van der Waals surface area contributed by atoms with E-state index >= 15 is 0 Å². The van der Waals surface area contributed by atoms with Gasteiger partial charge in [-0.1, -0.05) is 0 Å². The lowest BCUT2D eigenvalue weighted by molar-refractivity contribution is 0.967. The first-order valence-electron chi connectivity index (χ1n) is 2.96. The van der Waals surface area contributed by atoms with Crippen molar-refractivity contribution < 1.29 is 0 Å². The van der Waals surface area contributed by atoms with Crippen LogP contribution in [0.3, 0.4) is 0 Å². The Labute approximate surface area is 60.6 Å². The molecule has 0 atom stereocenters. The Kier molecular flexibility index (Phi) is 0.974. The van der Waals surface area contributed by atoms with Crippen LogP contribution in [0.1, 0.15) is 0 Å². The van der Waals surface area contributed by atoms with Gasteiger partial charge in [-0.05, 0) is 6.07 Å². The van der Waals surface area contributed by atoms with E-state index in [4.69, 9.17) is 5.84 Å². The van der Waals surface area contributed by atoms with Crippen LogP contribution < -0.4 is 11.5 Å². The predicted octanol–water partition coefficient (Wildman–Crippen LogP) is -1.17. The summed E-state index contributed by atoms with van der Waals surface area (Å²) >= 11 is 0. The highest BCUT2D eigenvalue weighted by molar-refractivity contribution is 5.69. The maximum Gasteiger partial charge on any atom is 0.346 e. The number of hydrogen-bond donors (Lipinski definition) is 2. The maximum absolute atomic E-state index is 10.9. The summed E-state index contributed by atoms with van der Waals surface area (Å²) in [4.78, 5) is 13.3. The molecule has 0 bridgehead atoms. The van der Waals surface area contributed by atoms with Gasteiger partial charge in [0.15, 0.2) is 5.65 Å². The summed E-state index contributed by atoms with van der Waals surface area (Å²) in [6.07, 6.45) is 1.47. The van der Waals surface area contributed by atoms with E-state index in [0.717, 1.165) is 4.68 Å². The summed E-state index contributed by atoms with van der Waals surface area (Å²) in [5.74, 6) is 5.34. The van der Waals surface area contributed by atoms with Crippen molar-refractivity contribution in [2.24, 2.45) is 0 Å². The van der Waals surface area contributed by atoms with E-state index in [1.165, 1.54) is 6.20 Å². The largest absolute Gasteiger partial charge is 0.346 e. The third-order valence-electron chi connectivity index (χ3n) is 1.40. The van der Waals surface area contributed by atoms with E-state index in [0.29, 0.717) is 11.2 Å². The minimum absolute atomic E-state index is 0.388. The van der Waals surface area contributed by atoms with E-state index in [1.54, 1.807) is 6.07 Å². The quantitative estimate of drug-likeness (QED) is 0.464. The van der Waals surface area contributed by atoms with Crippen LogP contribution in [0.5, 0.6) is 0 Å². The molecule has 0 unspecified atom stereocenters. The number of aromatic nitrogens is 4. The van der Waals surface area contributed by atoms with Crippen LogP contribution in [0.15, 0.2) is 17.1 Å². The van der Waals surface area contributed by atoms with E-state index in [-0.39, 0.29) is 5.69 Å². The lowest BCUT2D eigenvalue weighted by Gasteiger charge is -1.88. The second-order valence-corrected chi connectivity index (χ2v) is 2.07. The van der Waals surface area contributed by atoms with Crippen molar-refractivity contribution in [3.8, 4) is 0 Å². The summed E-state index contributed by atoms with van der Waals surface area (Å²) in [6, 6.07) is 1.61. The zero-order valence-corrected chi connectivity index (χ0v) is 5.48. The summed E-state index contributed by atoms with van der Waals surface area (Å²) in [7, 11) is 0. The van der Waals surface area contributed by atoms with Crippen LogP contribution in [0.2, 0.25) is 0 Å². The maximum atomic E-state index is 10.9. The smallest absolute Gasteiger partial charge is 0.335 e. The molecule has 0 fully saturated rings. The molecule has 0 aliphatic carbocycles. The highest BCUT2D eigenvalue weighted by Gasteiger charge is 2.02. The van der Waals surface area contributed by atoms with Crippen molar-refractivity contribution in [1.82, 2.24) is 19.9 Å². The standard InChI is InChI=1S/C5H5N5O/c6-10-3-1-2-7-9-4(3)8-5(10)11/h1-2H,6H2,(H,8,9,11). The summed E-state index contributed by atoms with van der Waals surface area (Å²) in [5, 5.41) is 7.23. The highest BCUT2D eigenvalue weighted by Crippen LogP contribution is 1.99. The molecule has 3 N–H and O–H groups in total. The van der Waals surface area contributed by atoms with Crippen LogP contribution in [0.25, 0.3) is 11.2 Å². The van der Waals surface area contributed by atoms with Crippen LogP contribution in [-0.4, -0.2) is 19.9 Å². The third-order valence-corrected chi connectivity index (χ3v) is 1.40. The van der Waals surface area contributed by atoms with E-state index in [2.05, 4.69) is 15.2 Å². The fourth-order valence-electron chi connectivity index (χ4n) is 0.880. The van der Waals surface area contributed by atoms with Crippen LogP contribution in [0, 0.1) is 0 Å². The van der Waals surface area contributed by atoms with Gasteiger partial charge in [-0.3, -0.25) is 4.98 Å². The Morgan fingerprint density at radius 3 is 3.18 bits per heavy atom. The molecule has 6 nitrogen and oxygen atoms in total. The molecule has 0 aromatic carbocycles. The fourth-order valence-corrected chi connectivity index (χ4v) is 0.880. The Morgan fingerprint density at radius 1 is 1.64 bits per heavy atom. The number of hydrogen-bond acceptors (Lipinski definition) is 4. The number of nitrogens with zero attached hydrogens (tertiary/aromatic N) is 3. The van der Waals surface area contributed by atoms with E-state index < -0.39 is 0 Å². The van der Waals surface area contributed by atoms with Gasteiger partial charge in [0.1, 0.15) is 5.52 Å². The van der Waals surface area contributed by atoms with Gasteiger partial charge in [-0.2, -0.15) is 5.10 Å². The number of nitrogens with one attached hydrogen (secondary N) is 1. The summed E-state index contributed by atoms with van der Waals surface area (Å²) < 4.78 is 0.990. The number of nitrogen functional groups attached to an aromatic ring is 1. The predicted molar refractivity (Wildman–Crippen MR) is 38.3 cm³/mol. The lowest BCUT2D eigenvalue weighted by Crippen LogP contribution is -2.23. The molecule has 0 radical (unpaired) electrons. The number of nitrogens with two attached hydrogens (primary N) is 1. The molecular formula is C5H5N5O. The Balaban J connectivity index is 3.04. The number of aromatic amines is 1. The molecule has 2 rings (SSSR count). The molecule has 2 aromatic rings. The minimum Gasteiger partial charge on any atom is -0.335 e. The number of fused-ring (bicyclic) bond motifs is 1. The first kappa shape index (κ1) is 5.90. The third kappa shape index (κ3) is 0.689. The molecule has 0 amide bonds. The molecule has 0 aliphatic rings. The summed E-state index contributed by atoms with van der Waals surface area (Å²) in [5.41, 5.74) is 0.561. The number of H-pyrrole nitrogens is 1. The molecule has 6 heteroatoms. The van der Waals surface area contributed by atoms with Crippen molar-refractivity contribution in [1.29, 1.82) is 0 Å². The molecule has 2 heterocycles. The van der Waals surface area contributed by atoms with Gasteiger partial charge in [0.25, 0.3) is 0 Å². The van der Waals surface area contributed by atoms with E-state index in [1.807, 2.05) is 0 Å². The average Bonchev–Trinajstić information content (AvgIpc) is 2.30. The SMILES string of the molecule is Nn1c(=O)[nH]c2nnccc21. The van der Waals surface area contributed by atoms with Gasteiger partial charge in [-0.15, -0.1) is 5.10 Å². The fraction of sp³-hybridized carbons (Fsp3) is 0. The van der Waals surface area contributed by atoms with Gasteiger partial charge in [0, 0.05) is 0 Å². The Morgan fingerprint density at radius 2 is 2.45 bits per heavy atom. The highest BCUT2D eigenvalue weighted by atomic mass is 16.1. The zero-order chi connectivity index (χ0) is 7.84. The first-order valence-corrected chi connectivity index (χ1v) is 2.96. The Bertz CT molecular complexity index is 441. The van der Waals surface area contributed by atoms with Crippen LogP contribution in [-0.2, 0) is 0 Å². The number of rotatable bonds is 0. The monoisotopic (exact) mass is 151 g/mol. The molecule has 11 heavy (non-hydrogen) atoms. The van der Waals surface area contributed by atoms with Crippen molar-refractivity contribution in [2.45, 2.75) is 0 Å². The van der Waals surface area contributed by atoms with Crippen molar-refractivity contribution in [2.75, 3.05) is 5.84 Å². The second kappa shape index (κ2) is 1.82. The zero-order valence-electron chi connectivity index (χ0n) is 5.48. The first-order chi connectivity index (χ1) is 5.29. The average molecular weight is 151 g/mol. The molecule has 0 spiro atoms. The minimum atomic E-state index is -0.388. The molecule has 0 saturated carbocycles. The van der Waals surface area contributed by atoms with Crippen molar-refractivity contribution >= 4 is 11.2 Å². The molecule has 0 saturated heterocycles. The molecule has 2 aromatic heterocycles. The second-order valence-electron chi connectivity index (χ2n) is 2.07. The van der Waals surface area contributed by atoms with Crippen LogP contribution in [0.4, 0.5) is 0 Å². The summed E-state index contributed by atoms with van der Waals surface area (Å²) in [6.45, 7) is 0. The van der Waals surface area contributed by atoms with Gasteiger partial charge in [-0.25, -0.2) is 9.47 Å². The number of imidazole rings is 1. The van der Waals surface area contributed by atoms with Crippen molar-refractivity contribution in [3.05, 3.63) is 22.7 Å². The van der Waals surface area contributed by atoms with Crippen LogP contribution >= 0.6 is 0 Å². The van der Waals surface area contributed by atoms with Gasteiger partial charge in [0.2, 0.25) is 0 Å². The van der Waals surface area contributed by atoms with E-state index in [9.17, 15) is 4.79 Å². The molecule has 0 aliphatic heterocycles. The normalized spacial score (nSPS) is 10.5. The lowest BCUT2D eigenvalue weighted by atomic mass is 10.5. The van der Waals surface area contributed by atoms with Crippen molar-refractivity contribution in [3.63, 3.8) is 0 Å². The molecule has 56 valence electrons. The van der Waals surface area contributed by atoms with Gasteiger partial charge in [0.05, 0.1) is 6.20 Å². The topological polar surface area (TPSA) is 89.6 Å². The van der Waals surface area contributed by atoms with Gasteiger partial charge >= 0.3 is 5.69 Å².